The Kier molecular flexibility index (Phi) is 3.44. The Morgan fingerprint density at radius 1 is 1.55 bits per heavy atom. The van der Waals surface area contributed by atoms with Gasteiger partial charge in [0.05, 0.1) is 5.60 Å². The molecule has 6 atom stereocenters. The zero-order valence-corrected chi connectivity index (χ0v) is 13.2. The van der Waals surface area contributed by atoms with Crippen LogP contribution in [-0.4, -0.2) is 34.9 Å². The quantitative estimate of drug-likeness (QED) is 0.454. The Hall–Kier alpha value is -1.62. The summed E-state index contributed by atoms with van der Waals surface area (Å²) in [5.41, 5.74) is 0.534. The summed E-state index contributed by atoms with van der Waals surface area (Å²) in [7, 11) is 0. The van der Waals surface area contributed by atoms with Gasteiger partial charge in [0.2, 0.25) is 0 Å². The summed E-state index contributed by atoms with van der Waals surface area (Å²) in [6, 6.07) is 0. The predicted molar refractivity (Wildman–Crippen MR) is 78.7 cm³/mol. The molecule has 5 nitrogen and oxygen atoms in total. The minimum Gasteiger partial charge on any atom is -0.462 e. The largest absolute Gasteiger partial charge is 0.462 e. The second-order valence-corrected chi connectivity index (χ2v) is 6.99. The van der Waals surface area contributed by atoms with Crippen LogP contribution < -0.4 is 0 Å². The molecular weight excluding hydrogens is 284 g/mol. The summed E-state index contributed by atoms with van der Waals surface area (Å²) in [6.45, 7) is 8.96. The molecule has 1 saturated heterocycles. The first-order valence-corrected chi connectivity index (χ1v) is 7.68. The van der Waals surface area contributed by atoms with E-state index >= 15 is 0 Å². The van der Waals surface area contributed by atoms with Crippen molar-refractivity contribution >= 4 is 11.9 Å². The second-order valence-electron chi connectivity index (χ2n) is 6.99. The maximum Gasteiger partial charge on any atom is 0.334 e. The van der Waals surface area contributed by atoms with Crippen molar-refractivity contribution in [2.75, 3.05) is 0 Å². The predicted octanol–water partition coefficient (Wildman–Crippen LogP) is 1.75. The topological polar surface area (TPSA) is 72.8 Å². The number of ether oxygens (including phenoxy) is 2. The standard InChI is InChI=1S/C17H22O5/c1-8-5-13-11(9(2)16(19)22-13)6-12-15(8)14(21-10(3)18)7-17(12,4)20/h5,11-15,20H,2,6-7H2,1,3-4H3/t11-,12-,13+,14+,15+,17-/m1/s1. The van der Waals surface area contributed by atoms with Crippen LogP contribution in [0.4, 0.5) is 0 Å². The van der Waals surface area contributed by atoms with Crippen molar-refractivity contribution in [2.24, 2.45) is 17.8 Å². The molecule has 0 radical (unpaired) electrons. The van der Waals surface area contributed by atoms with Crippen LogP contribution in [0.5, 0.6) is 0 Å². The molecule has 0 amide bonds. The third-order valence-electron chi connectivity index (χ3n) is 5.37. The molecule has 5 heteroatoms. The molecule has 0 bridgehead atoms. The van der Waals surface area contributed by atoms with E-state index in [4.69, 9.17) is 9.47 Å². The van der Waals surface area contributed by atoms with Gasteiger partial charge in [-0.25, -0.2) is 4.79 Å². The molecule has 2 fully saturated rings. The molecule has 120 valence electrons. The summed E-state index contributed by atoms with van der Waals surface area (Å²) in [4.78, 5) is 23.1. The highest BCUT2D eigenvalue weighted by Gasteiger charge is 2.55. The molecule has 2 aliphatic carbocycles. The normalized spacial score (nSPS) is 43.8. The van der Waals surface area contributed by atoms with E-state index in [0.717, 1.165) is 5.57 Å². The summed E-state index contributed by atoms with van der Waals surface area (Å²) >= 11 is 0. The summed E-state index contributed by atoms with van der Waals surface area (Å²) in [5.74, 6) is -0.938. The van der Waals surface area contributed by atoms with Gasteiger partial charge < -0.3 is 14.6 Å². The van der Waals surface area contributed by atoms with Crippen LogP contribution in [0.1, 0.15) is 33.6 Å². The van der Waals surface area contributed by atoms with Crippen LogP contribution in [0, 0.1) is 17.8 Å². The number of fused-ring (bicyclic) bond motifs is 2. The number of aliphatic hydroxyl groups is 1. The fraction of sp³-hybridized carbons (Fsp3) is 0.647. The van der Waals surface area contributed by atoms with Crippen LogP contribution in [0.3, 0.4) is 0 Å². The second kappa shape index (κ2) is 4.95. The van der Waals surface area contributed by atoms with E-state index in [1.54, 1.807) is 6.92 Å². The van der Waals surface area contributed by atoms with E-state index in [1.165, 1.54) is 6.92 Å². The zero-order valence-electron chi connectivity index (χ0n) is 13.2. The number of rotatable bonds is 1. The highest BCUT2D eigenvalue weighted by Crippen LogP contribution is 2.52. The lowest BCUT2D eigenvalue weighted by Gasteiger charge is -2.30. The monoisotopic (exact) mass is 306 g/mol. The lowest BCUT2D eigenvalue weighted by atomic mass is 9.78. The Balaban J connectivity index is 1.98. The molecular formula is C17H22O5. The molecule has 0 aromatic heterocycles. The number of hydrogen-bond acceptors (Lipinski definition) is 5. The average Bonchev–Trinajstić information content (AvgIpc) is 2.71. The fourth-order valence-corrected chi connectivity index (χ4v) is 4.37. The van der Waals surface area contributed by atoms with Crippen LogP contribution in [0.15, 0.2) is 23.8 Å². The minimum atomic E-state index is -0.944. The molecule has 0 spiro atoms. The molecule has 1 saturated carbocycles. The van der Waals surface area contributed by atoms with Gasteiger partial charge in [-0.05, 0) is 32.3 Å². The lowest BCUT2D eigenvalue weighted by molar-refractivity contribution is -0.148. The van der Waals surface area contributed by atoms with Crippen LogP contribution in [0.25, 0.3) is 0 Å². The van der Waals surface area contributed by atoms with E-state index < -0.39 is 5.60 Å². The van der Waals surface area contributed by atoms with Crippen LogP contribution in [0.2, 0.25) is 0 Å². The molecule has 1 heterocycles. The smallest absolute Gasteiger partial charge is 0.334 e. The van der Waals surface area contributed by atoms with Gasteiger partial charge in [-0.3, -0.25) is 4.79 Å². The van der Waals surface area contributed by atoms with Crippen molar-refractivity contribution in [2.45, 2.75) is 51.4 Å². The van der Waals surface area contributed by atoms with Gasteiger partial charge >= 0.3 is 11.9 Å². The van der Waals surface area contributed by atoms with E-state index in [-0.39, 0.29) is 41.9 Å². The first kappa shape index (κ1) is 15.3. The summed E-state index contributed by atoms with van der Waals surface area (Å²) in [5, 5.41) is 10.8. The first-order chi connectivity index (χ1) is 10.2. The van der Waals surface area contributed by atoms with E-state index in [9.17, 15) is 14.7 Å². The zero-order chi connectivity index (χ0) is 16.2. The van der Waals surface area contributed by atoms with E-state index in [0.29, 0.717) is 18.4 Å². The summed E-state index contributed by atoms with van der Waals surface area (Å²) in [6.07, 6.45) is 2.30. The van der Waals surface area contributed by atoms with Gasteiger partial charge in [0.25, 0.3) is 0 Å². The highest BCUT2D eigenvalue weighted by molar-refractivity contribution is 5.91. The number of hydrogen-bond donors (Lipinski definition) is 1. The first-order valence-electron chi connectivity index (χ1n) is 7.68. The van der Waals surface area contributed by atoms with Crippen molar-refractivity contribution in [3.05, 3.63) is 23.8 Å². The highest BCUT2D eigenvalue weighted by atomic mass is 16.6. The SMILES string of the molecule is C=C1C(=O)O[C@H]2C=C(C)[C@@H]3[C@@H](OC(C)=O)C[C@@](C)(O)[C@@H]3C[C@H]12. The third-order valence-corrected chi connectivity index (χ3v) is 5.37. The Bertz CT molecular complexity index is 574. The van der Waals surface area contributed by atoms with E-state index in [1.807, 2.05) is 13.0 Å². The summed E-state index contributed by atoms with van der Waals surface area (Å²) < 4.78 is 10.8. The van der Waals surface area contributed by atoms with Crippen molar-refractivity contribution < 1.29 is 24.2 Å². The van der Waals surface area contributed by atoms with Gasteiger partial charge in [0.15, 0.2) is 0 Å². The van der Waals surface area contributed by atoms with Crippen LogP contribution in [-0.2, 0) is 19.1 Å². The van der Waals surface area contributed by atoms with Gasteiger partial charge in [-0.15, -0.1) is 0 Å². The lowest BCUT2D eigenvalue weighted by Crippen LogP contribution is -2.33. The van der Waals surface area contributed by atoms with Crippen molar-refractivity contribution in [3.8, 4) is 0 Å². The Morgan fingerprint density at radius 2 is 2.23 bits per heavy atom. The number of carbonyl (C=O) groups excluding carboxylic acids is 2. The van der Waals surface area contributed by atoms with Gasteiger partial charge in [0, 0.05) is 30.8 Å². The number of carbonyl (C=O) groups is 2. The van der Waals surface area contributed by atoms with Gasteiger partial charge in [0.1, 0.15) is 12.2 Å². The fourth-order valence-electron chi connectivity index (χ4n) is 4.37. The molecule has 3 rings (SSSR count). The molecule has 22 heavy (non-hydrogen) atoms. The third kappa shape index (κ3) is 2.28. The molecule has 0 unspecified atom stereocenters. The molecule has 0 aromatic rings. The minimum absolute atomic E-state index is 0.0454. The molecule has 1 aliphatic heterocycles. The van der Waals surface area contributed by atoms with Crippen molar-refractivity contribution in [3.63, 3.8) is 0 Å². The van der Waals surface area contributed by atoms with Gasteiger partial charge in [-0.2, -0.15) is 0 Å². The molecule has 3 aliphatic rings. The Morgan fingerprint density at radius 3 is 2.86 bits per heavy atom. The molecule has 0 aromatic carbocycles. The maximum atomic E-state index is 11.7. The average molecular weight is 306 g/mol. The molecule has 1 N–H and O–H groups in total. The van der Waals surface area contributed by atoms with Gasteiger partial charge in [-0.1, -0.05) is 12.2 Å². The maximum absolute atomic E-state index is 11.7. The van der Waals surface area contributed by atoms with Crippen molar-refractivity contribution in [1.29, 1.82) is 0 Å². The van der Waals surface area contributed by atoms with Crippen LogP contribution >= 0.6 is 0 Å². The van der Waals surface area contributed by atoms with Crippen molar-refractivity contribution in [1.82, 2.24) is 0 Å². The number of esters is 2. The van der Waals surface area contributed by atoms with E-state index in [2.05, 4.69) is 6.58 Å². The Labute approximate surface area is 130 Å².